The maximum atomic E-state index is 9.09. The number of nitrogens with zero attached hydrogens (tertiary/aromatic N) is 3. The van der Waals surface area contributed by atoms with Crippen LogP contribution in [0.1, 0.15) is 31.2 Å². The molecule has 1 aromatic heterocycles. The number of aliphatic hydroxyl groups excluding tert-OH is 1. The molecule has 0 radical (unpaired) electrons. The molecule has 0 amide bonds. The van der Waals surface area contributed by atoms with Crippen molar-refractivity contribution in [2.24, 2.45) is 0 Å². The molecular formula is C12H15N3O. The first-order valence-electron chi connectivity index (χ1n) is 5.32. The van der Waals surface area contributed by atoms with E-state index in [-0.39, 0.29) is 6.61 Å². The predicted molar refractivity (Wildman–Crippen MR) is 61.4 cm³/mol. The third-order valence-electron chi connectivity index (χ3n) is 2.60. The van der Waals surface area contributed by atoms with Gasteiger partial charge in [0.2, 0.25) is 0 Å². The summed E-state index contributed by atoms with van der Waals surface area (Å²) < 4.78 is 1.78. The molecule has 1 heterocycles. The van der Waals surface area contributed by atoms with Crippen molar-refractivity contribution < 1.29 is 5.11 Å². The highest BCUT2D eigenvalue weighted by atomic mass is 16.3. The molecule has 0 fully saturated rings. The summed E-state index contributed by atoms with van der Waals surface area (Å²) in [5, 5.41) is 16.7. The van der Waals surface area contributed by atoms with Crippen LogP contribution in [0.15, 0.2) is 30.6 Å². The minimum atomic E-state index is -0.105. The predicted octanol–water partition coefficient (Wildman–Crippen LogP) is 1.88. The summed E-state index contributed by atoms with van der Waals surface area (Å²) in [5.41, 5.74) is 2.26. The maximum absolute atomic E-state index is 9.09. The molecule has 0 bridgehead atoms. The zero-order valence-corrected chi connectivity index (χ0v) is 9.46. The van der Waals surface area contributed by atoms with Gasteiger partial charge in [-0.3, -0.25) is 4.57 Å². The van der Waals surface area contributed by atoms with Crippen LogP contribution in [0, 0.1) is 0 Å². The van der Waals surface area contributed by atoms with Crippen molar-refractivity contribution in [2.75, 3.05) is 0 Å². The Morgan fingerprint density at radius 1 is 1.25 bits per heavy atom. The maximum Gasteiger partial charge on any atom is 0.163 e. The van der Waals surface area contributed by atoms with Crippen molar-refractivity contribution in [2.45, 2.75) is 26.4 Å². The van der Waals surface area contributed by atoms with Gasteiger partial charge in [0.15, 0.2) is 5.82 Å². The monoisotopic (exact) mass is 217 g/mol. The quantitative estimate of drug-likeness (QED) is 0.854. The van der Waals surface area contributed by atoms with E-state index in [9.17, 15) is 0 Å². The van der Waals surface area contributed by atoms with Gasteiger partial charge in [-0.25, -0.2) is 0 Å². The van der Waals surface area contributed by atoms with Gasteiger partial charge in [0.25, 0.3) is 0 Å². The van der Waals surface area contributed by atoms with Crippen molar-refractivity contribution in [3.8, 4) is 5.69 Å². The van der Waals surface area contributed by atoms with Crippen LogP contribution >= 0.6 is 0 Å². The van der Waals surface area contributed by atoms with Crippen molar-refractivity contribution in [1.82, 2.24) is 14.8 Å². The topological polar surface area (TPSA) is 50.9 Å². The van der Waals surface area contributed by atoms with Crippen LogP contribution < -0.4 is 0 Å². The molecule has 0 aliphatic carbocycles. The lowest BCUT2D eigenvalue weighted by Gasteiger charge is -2.08. The third-order valence-corrected chi connectivity index (χ3v) is 2.60. The van der Waals surface area contributed by atoms with Crippen molar-refractivity contribution in [1.29, 1.82) is 0 Å². The number of hydrogen-bond acceptors (Lipinski definition) is 3. The van der Waals surface area contributed by atoms with Gasteiger partial charge in [0, 0.05) is 5.69 Å². The van der Waals surface area contributed by atoms with E-state index in [4.69, 9.17) is 5.11 Å². The molecule has 0 aliphatic heterocycles. The Labute approximate surface area is 94.6 Å². The van der Waals surface area contributed by atoms with Crippen LogP contribution in [0.4, 0.5) is 0 Å². The second kappa shape index (κ2) is 4.45. The van der Waals surface area contributed by atoms with Crippen molar-refractivity contribution >= 4 is 0 Å². The molecule has 4 nitrogen and oxygen atoms in total. The zero-order valence-electron chi connectivity index (χ0n) is 9.46. The summed E-state index contributed by atoms with van der Waals surface area (Å²) >= 11 is 0. The van der Waals surface area contributed by atoms with Crippen LogP contribution in [0.3, 0.4) is 0 Å². The Hall–Kier alpha value is -1.68. The molecule has 2 rings (SSSR count). The normalized spacial score (nSPS) is 11.0. The summed E-state index contributed by atoms with van der Waals surface area (Å²) in [6, 6.07) is 8.19. The fraction of sp³-hybridized carbons (Fsp3) is 0.333. The molecule has 0 atom stereocenters. The summed E-state index contributed by atoms with van der Waals surface area (Å²) in [7, 11) is 0. The van der Waals surface area contributed by atoms with Gasteiger partial charge in [0.05, 0.1) is 0 Å². The average Bonchev–Trinajstić information content (AvgIpc) is 2.77. The Bertz CT molecular complexity index is 459. The Morgan fingerprint density at radius 3 is 2.50 bits per heavy atom. The van der Waals surface area contributed by atoms with E-state index in [1.54, 1.807) is 10.9 Å². The van der Waals surface area contributed by atoms with E-state index >= 15 is 0 Å². The fourth-order valence-electron chi connectivity index (χ4n) is 1.60. The largest absolute Gasteiger partial charge is 0.388 e. The van der Waals surface area contributed by atoms with E-state index < -0.39 is 0 Å². The number of rotatable bonds is 3. The summed E-state index contributed by atoms with van der Waals surface area (Å²) in [5.74, 6) is 1.07. The summed E-state index contributed by atoms with van der Waals surface area (Å²) in [6.07, 6.45) is 1.61. The highest BCUT2D eigenvalue weighted by Crippen LogP contribution is 2.17. The Balaban J connectivity index is 2.35. The van der Waals surface area contributed by atoms with Crippen molar-refractivity contribution in [3.05, 3.63) is 42.0 Å². The smallest absolute Gasteiger partial charge is 0.163 e. The minimum absolute atomic E-state index is 0.105. The molecule has 16 heavy (non-hydrogen) atoms. The van der Waals surface area contributed by atoms with Gasteiger partial charge in [-0.05, 0) is 23.6 Å². The molecule has 0 aliphatic rings. The van der Waals surface area contributed by atoms with Crippen LogP contribution in [0.2, 0.25) is 0 Å². The first-order valence-corrected chi connectivity index (χ1v) is 5.32. The SMILES string of the molecule is CC(C)c1ccc(-n2cnnc2CO)cc1. The van der Waals surface area contributed by atoms with E-state index in [1.165, 1.54) is 5.56 Å². The Kier molecular flexibility index (Phi) is 3.01. The standard InChI is InChI=1S/C12H15N3O/c1-9(2)10-3-5-11(6-4-10)15-8-13-14-12(15)7-16/h3-6,8-9,16H,7H2,1-2H3. The summed E-state index contributed by atoms with van der Waals surface area (Å²) in [6.45, 7) is 4.21. The van der Waals surface area contributed by atoms with Crippen molar-refractivity contribution in [3.63, 3.8) is 0 Å². The first-order chi connectivity index (χ1) is 7.72. The van der Waals surface area contributed by atoms with E-state index in [0.717, 1.165) is 5.69 Å². The van der Waals surface area contributed by atoms with Gasteiger partial charge >= 0.3 is 0 Å². The molecule has 4 heteroatoms. The van der Waals surface area contributed by atoms with Gasteiger partial charge in [-0.15, -0.1) is 10.2 Å². The van der Waals surface area contributed by atoms with Gasteiger partial charge in [-0.1, -0.05) is 26.0 Å². The molecule has 0 saturated carbocycles. The minimum Gasteiger partial charge on any atom is -0.388 e. The average molecular weight is 217 g/mol. The highest BCUT2D eigenvalue weighted by molar-refractivity contribution is 5.36. The lowest BCUT2D eigenvalue weighted by atomic mass is 10.0. The van der Waals surface area contributed by atoms with Crippen LogP contribution in [0.25, 0.3) is 5.69 Å². The van der Waals surface area contributed by atoms with E-state index in [1.807, 2.05) is 12.1 Å². The molecule has 1 N–H and O–H groups in total. The zero-order chi connectivity index (χ0) is 11.5. The van der Waals surface area contributed by atoms with E-state index in [0.29, 0.717) is 11.7 Å². The van der Waals surface area contributed by atoms with E-state index in [2.05, 4.69) is 36.2 Å². The molecule has 84 valence electrons. The highest BCUT2D eigenvalue weighted by Gasteiger charge is 2.05. The molecule has 0 unspecified atom stereocenters. The lowest BCUT2D eigenvalue weighted by Crippen LogP contribution is -2.00. The van der Waals surface area contributed by atoms with Gasteiger partial charge < -0.3 is 5.11 Å². The number of aliphatic hydroxyl groups is 1. The van der Waals surface area contributed by atoms with Gasteiger partial charge in [0.1, 0.15) is 12.9 Å². The molecular weight excluding hydrogens is 202 g/mol. The van der Waals surface area contributed by atoms with Gasteiger partial charge in [-0.2, -0.15) is 0 Å². The molecule has 1 aromatic carbocycles. The van der Waals surface area contributed by atoms with Crippen LogP contribution in [-0.4, -0.2) is 19.9 Å². The first kappa shape index (κ1) is 10.8. The van der Waals surface area contributed by atoms with Crippen LogP contribution in [-0.2, 0) is 6.61 Å². The third kappa shape index (κ3) is 1.97. The van der Waals surface area contributed by atoms with Crippen LogP contribution in [0.5, 0.6) is 0 Å². The fourth-order valence-corrected chi connectivity index (χ4v) is 1.60. The number of hydrogen-bond donors (Lipinski definition) is 1. The lowest BCUT2D eigenvalue weighted by molar-refractivity contribution is 0.269. The second-order valence-electron chi connectivity index (χ2n) is 4.02. The Morgan fingerprint density at radius 2 is 1.94 bits per heavy atom. The molecule has 0 spiro atoms. The summed E-state index contributed by atoms with van der Waals surface area (Å²) in [4.78, 5) is 0. The second-order valence-corrected chi connectivity index (χ2v) is 4.02. The number of benzene rings is 1. The molecule has 2 aromatic rings. The molecule has 0 saturated heterocycles. The number of aromatic nitrogens is 3.